The first-order valence-electron chi connectivity index (χ1n) is 4.04. The number of carboxylic acids is 1. The third-order valence-corrected chi connectivity index (χ3v) is 3.86. The maximum atomic E-state index is 11.5. The van der Waals surface area contributed by atoms with Gasteiger partial charge in [0.2, 0.25) is 0 Å². The lowest BCUT2D eigenvalue weighted by atomic mass is 10.4. The summed E-state index contributed by atoms with van der Waals surface area (Å²) in [7, 11) is -3.32. The normalized spacial score (nSPS) is 18.9. The van der Waals surface area contributed by atoms with Crippen molar-refractivity contribution in [3.05, 3.63) is 11.8 Å². The summed E-state index contributed by atoms with van der Waals surface area (Å²) < 4.78 is 24.1. The van der Waals surface area contributed by atoms with E-state index in [0.717, 1.165) is 6.07 Å². The maximum absolute atomic E-state index is 11.5. The Morgan fingerprint density at radius 3 is 2.86 bits per heavy atom. The van der Waals surface area contributed by atoms with E-state index in [1.165, 1.54) is 4.68 Å². The number of aromatic carboxylic acids is 1. The molecule has 14 heavy (non-hydrogen) atoms. The standard InChI is InChI=1S/C7H8N2O4S/c10-7(11)5-4-6-9(8-5)2-1-3-14(6,12)13/h4H,1-3H2,(H,10,11). The summed E-state index contributed by atoms with van der Waals surface area (Å²) in [6.45, 7) is 0.460. The Morgan fingerprint density at radius 2 is 2.29 bits per heavy atom. The molecule has 0 bridgehead atoms. The van der Waals surface area contributed by atoms with Crippen molar-refractivity contribution < 1.29 is 18.3 Å². The van der Waals surface area contributed by atoms with Gasteiger partial charge in [-0.15, -0.1) is 0 Å². The second kappa shape index (κ2) is 2.81. The fraction of sp³-hybridized carbons (Fsp3) is 0.429. The fourth-order valence-electron chi connectivity index (χ4n) is 1.42. The molecule has 0 aromatic carbocycles. The number of sulfone groups is 1. The molecule has 1 aliphatic rings. The van der Waals surface area contributed by atoms with Crippen LogP contribution in [0.3, 0.4) is 0 Å². The highest BCUT2D eigenvalue weighted by Crippen LogP contribution is 2.19. The molecule has 1 aromatic rings. The molecule has 0 unspecified atom stereocenters. The highest BCUT2D eigenvalue weighted by atomic mass is 32.2. The molecule has 0 saturated carbocycles. The van der Waals surface area contributed by atoms with Crippen LogP contribution in [-0.4, -0.2) is 35.0 Å². The Morgan fingerprint density at radius 1 is 1.57 bits per heavy atom. The summed E-state index contributed by atoms with van der Waals surface area (Å²) >= 11 is 0. The molecule has 7 heteroatoms. The number of fused-ring (bicyclic) bond motifs is 1. The second-order valence-electron chi connectivity index (χ2n) is 3.07. The van der Waals surface area contributed by atoms with E-state index < -0.39 is 15.8 Å². The van der Waals surface area contributed by atoms with Crippen LogP contribution in [-0.2, 0) is 16.4 Å². The minimum absolute atomic E-state index is 0.0150. The lowest BCUT2D eigenvalue weighted by Crippen LogP contribution is -2.21. The minimum atomic E-state index is -3.32. The largest absolute Gasteiger partial charge is 0.476 e. The fourth-order valence-corrected chi connectivity index (χ4v) is 2.89. The van der Waals surface area contributed by atoms with Crippen LogP contribution in [0.4, 0.5) is 0 Å². The zero-order valence-corrected chi connectivity index (χ0v) is 7.99. The van der Waals surface area contributed by atoms with Crippen molar-refractivity contribution in [2.24, 2.45) is 0 Å². The van der Waals surface area contributed by atoms with Gasteiger partial charge in [-0.2, -0.15) is 5.10 Å². The van der Waals surface area contributed by atoms with E-state index in [0.29, 0.717) is 13.0 Å². The molecule has 0 spiro atoms. The summed E-state index contributed by atoms with van der Waals surface area (Å²) in [6.07, 6.45) is 0.482. The zero-order valence-electron chi connectivity index (χ0n) is 7.17. The van der Waals surface area contributed by atoms with Crippen LogP contribution in [0.2, 0.25) is 0 Å². The second-order valence-corrected chi connectivity index (χ2v) is 5.12. The summed E-state index contributed by atoms with van der Waals surface area (Å²) in [4.78, 5) is 10.6. The summed E-state index contributed by atoms with van der Waals surface area (Å²) in [5.41, 5.74) is -0.217. The van der Waals surface area contributed by atoms with Gasteiger partial charge in [-0.25, -0.2) is 13.2 Å². The van der Waals surface area contributed by atoms with Gasteiger partial charge >= 0.3 is 5.97 Å². The molecular weight excluding hydrogens is 208 g/mol. The Bertz CT molecular complexity index is 488. The van der Waals surface area contributed by atoms with E-state index in [9.17, 15) is 13.2 Å². The molecule has 2 rings (SSSR count). The molecule has 0 saturated heterocycles. The van der Waals surface area contributed by atoms with Gasteiger partial charge in [0.15, 0.2) is 20.6 Å². The molecule has 1 aliphatic heterocycles. The van der Waals surface area contributed by atoms with E-state index >= 15 is 0 Å². The van der Waals surface area contributed by atoms with Crippen molar-refractivity contribution in [1.29, 1.82) is 0 Å². The van der Waals surface area contributed by atoms with E-state index in [4.69, 9.17) is 5.11 Å². The van der Waals surface area contributed by atoms with Gasteiger partial charge in [0.1, 0.15) is 0 Å². The van der Waals surface area contributed by atoms with Crippen LogP contribution in [0.25, 0.3) is 0 Å². The van der Waals surface area contributed by atoms with Gasteiger partial charge in [0.05, 0.1) is 5.75 Å². The van der Waals surface area contributed by atoms with Crippen LogP contribution in [0, 0.1) is 0 Å². The first-order chi connectivity index (χ1) is 6.50. The number of carbonyl (C=O) groups is 1. The van der Waals surface area contributed by atoms with Gasteiger partial charge in [0, 0.05) is 12.6 Å². The lowest BCUT2D eigenvalue weighted by molar-refractivity contribution is 0.0689. The van der Waals surface area contributed by atoms with Crippen molar-refractivity contribution in [2.45, 2.75) is 18.0 Å². The average Bonchev–Trinajstić information content (AvgIpc) is 2.48. The molecule has 0 amide bonds. The number of nitrogens with zero attached hydrogens (tertiary/aromatic N) is 2. The van der Waals surface area contributed by atoms with Crippen LogP contribution in [0.1, 0.15) is 16.9 Å². The molecular formula is C7H8N2O4S. The predicted molar refractivity (Wildman–Crippen MR) is 45.9 cm³/mol. The number of hydrogen-bond acceptors (Lipinski definition) is 4. The average molecular weight is 216 g/mol. The zero-order chi connectivity index (χ0) is 10.3. The van der Waals surface area contributed by atoms with Crippen LogP contribution in [0.15, 0.2) is 11.1 Å². The first kappa shape index (κ1) is 9.20. The third kappa shape index (κ3) is 1.29. The van der Waals surface area contributed by atoms with Crippen molar-refractivity contribution in [2.75, 3.05) is 5.75 Å². The lowest BCUT2D eigenvalue weighted by Gasteiger charge is -2.12. The van der Waals surface area contributed by atoms with Gasteiger partial charge in [-0.1, -0.05) is 0 Å². The molecule has 2 heterocycles. The Kier molecular flexibility index (Phi) is 1.84. The van der Waals surface area contributed by atoms with E-state index in [-0.39, 0.29) is 16.5 Å². The Hall–Kier alpha value is -1.37. The van der Waals surface area contributed by atoms with Gasteiger partial charge in [-0.3, -0.25) is 4.68 Å². The molecule has 0 aliphatic carbocycles. The van der Waals surface area contributed by atoms with E-state index in [1.54, 1.807) is 0 Å². The number of aryl methyl sites for hydroxylation is 1. The highest BCUT2D eigenvalue weighted by molar-refractivity contribution is 7.91. The van der Waals surface area contributed by atoms with E-state index in [2.05, 4.69) is 5.10 Å². The Balaban J connectivity index is 2.60. The predicted octanol–water partition coefficient (Wildman–Crippen LogP) is -0.241. The molecule has 1 N–H and O–H groups in total. The molecule has 0 radical (unpaired) electrons. The van der Waals surface area contributed by atoms with Crippen LogP contribution >= 0.6 is 0 Å². The molecule has 6 nitrogen and oxygen atoms in total. The van der Waals surface area contributed by atoms with Gasteiger partial charge < -0.3 is 5.11 Å². The quantitative estimate of drug-likeness (QED) is 0.699. The number of aromatic nitrogens is 2. The van der Waals surface area contributed by atoms with Crippen molar-refractivity contribution >= 4 is 15.8 Å². The minimum Gasteiger partial charge on any atom is -0.476 e. The molecule has 1 aromatic heterocycles. The maximum Gasteiger partial charge on any atom is 0.356 e. The first-order valence-corrected chi connectivity index (χ1v) is 5.70. The van der Waals surface area contributed by atoms with Crippen LogP contribution < -0.4 is 0 Å². The smallest absolute Gasteiger partial charge is 0.356 e. The number of carboxylic acid groups (broad SMARTS) is 1. The molecule has 0 atom stereocenters. The number of hydrogen-bond donors (Lipinski definition) is 1. The van der Waals surface area contributed by atoms with Crippen molar-refractivity contribution in [3.63, 3.8) is 0 Å². The van der Waals surface area contributed by atoms with Gasteiger partial charge in [-0.05, 0) is 6.42 Å². The van der Waals surface area contributed by atoms with Gasteiger partial charge in [0.25, 0.3) is 0 Å². The topological polar surface area (TPSA) is 89.3 Å². The molecule has 0 fully saturated rings. The summed E-state index contributed by atoms with van der Waals surface area (Å²) in [6, 6.07) is 1.11. The van der Waals surface area contributed by atoms with Crippen molar-refractivity contribution in [1.82, 2.24) is 9.78 Å². The molecule has 76 valence electrons. The van der Waals surface area contributed by atoms with Crippen molar-refractivity contribution in [3.8, 4) is 0 Å². The summed E-state index contributed by atoms with van der Waals surface area (Å²) in [5, 5.41) is 12.3. The Labute approximate surface area is 80.1 Å². The number of rotatable bonds is 1. The monoisotopic (exact) mass is 216 g/mol. The third-order valence-electron chi connectivity index (χ3n) is 2.06. The van der Waals surface area contributed by atoms with E-state index in [1.807, 2.05) is 0 Å². The summed E-state index contributed by atoms with van der Waals surface area (Å²) in [5.74, 6) is -1.14. The van der Waals surface area contributed by atoms with Crippen LogP contribution in [0.5, 0.6) is 0 Å². The SMILES string of the molecule is O=C(O)c1cc2n(n1)CCCS2(=O)=O. The highest BCUT2D eigenvalue weighted by Gasteiger charge is 2.27.